The van der Waals surface area contributed by atoms with Gasteiger partial charge in [0.2, 0.25) is 0 Å². The maximum absolute atomic E-state index is 13.5. The van der Waals surface area contributed by atoms with Gasteiger partial charge in [0.05, 0.1) is 5.56 Å². The van der Waals surface area contributed by atoms with Crippen LogP contribution in [0.3, 0.4) is 0 Å². The summed E-state index contributed by atoms with van der Waals surface area (Å²) in [5.74, 6) is -0.440. The molecule has 0 unspecified atom stereocenters. The fraction of sp³-hybridized carbons (Fsp3) is 0.278. The Labute approximate surface area is 119 Å². The molecule has 1 nitrogen and oxygen atoms in total. The van der Waals surface area contributed by atoms with Crippen molar-refractivity contribution in [1.29, 1.82) is 5.26 Å². The average molecular weight is 267 g/mol. The van der Waals surface area contributed by atoms with Crippen molar-refractivity contribution in [1.82, 2.24) is 0 Å². The molecule has 0 aromatic heterocycles. The van der Waals surface area contributed by atoms with Gasteiger partial charge < -0.3 is 0 Å². The van der Waals surface area contributed by atoms with E-state index >= 15 is 0 Å². The minimum atomic E-state index is -0.440. The van der Waals surface area contributed by atoms with E-state index in [0.29, 0.717) is 6.42 Å². The average Bonchev–Trinajstić information content (AvgIpc) is 2.47. The highest BCUT2D eigenvalue weighted by Gasteiger charge is 2.03. The molecule has 0 amide bonds. The number of hydrogen-bond acceptors (Lipinski definition) is 1. The molecule has 0 saturated carbocycles. The molecule has 2 rings (SSSR count). The van der Waals surface area contributed by atoms with Crippen molar-refractivity contribution in [2.45, 2.75) is 32.6 Å². The van der Waals surface area contributed by atoms with Gasteiger partial charge in [0.1, 0.15) is 11.9 Å². The zero-order chi connectivity index (χ0) is 14.4. The van der Waals surface area contributed by atoms with Gasteiger partial charge >= 0.3 is 0 Å². The zero-order valence-corrected chi connectivity index (χ0v) is 11.7. The van der Waals surface area contributed by atoms with Crippen LogP contribution in [-0.4, -0.2) is 0 Å². The first-order valence-electron chi connectivity index (χ1n) is 6.99. The molecule has 0 aliphatic carbocycles. The third-order valence-electron chi connectivity index (χ3n) is 3.40. The van der Waals surface area contributed by atoms with Gasteiger partial charge in [-0.2, -0.15) is 5.26 Å². The van der Waals surface area contributed by atoms with Crippen LogP contribution < -0.4 is 0 Å². The number of halogens is 1. The van der Waals surface area contributed by atoms with Crippen LogP contribution in [0.5, 0.6) is 0 Å². The lowest BCUT2D eigenvalue weighted by Gasteiger charge is -2.05. The van der Waals surface area contributed by atoms with Crippen LogP contribution in [0, 0.1) is 17.1 Å². The van der Waals surface area contributed by atoms with Crippen molar-refractivity contribution < 1.29 is 4.39 Å². The Morgan fingerprint density at radius 1 is 1.00 bits per heavy atom. The van der Waals surface area contributed by atoms with Crippen LogP contribution in [0.15, 0.2) is 42.5 Å². The summed E-state index contributed by atoms with van der Waals surface area (Å²) in [4.78, 5) is 0. The number of nitrogens with zero attached hydrogens (tertiary/aromatic N) is 1. The van der Waals surface area contributed by atoms with E-state index in [-0.39, 0.29) is 5.56 Å². The van der Waals surface area contributed by atoms with Gasteiger partial charge in [-0.15, -0.1) is 0 Å². The predicted octanol–water partition coefficient (Wildman–Crippen LogP) is 4.63. The first-order chi connectivity index (χ1) is 9.72. The highest BCUT2D eigenvalue weighted by atomic mass is 19.1. The number of unbranched alkanes of at least 4 members (excludes halogenated alkanes) is 1. The molecule has 102 valence electrons. The van der Waals surface area contributed by atoms with E-state index in [1.807, 2.05) is 12.1 Å². The molecule has 0 atom stereocenters. The Morgan fingerprint density at radius 2 is 1.65 bits per heavy atom. The summed E-state index contributed by atoms with van der Waals surface area (Å²) in [5, 5.41) is 8.71. The SMILES string of the molecule is CCCCc1ccc(Cc2ccc(C#N)c(F)c2)cc1. The second kappa shape index (κ2) is 6.86. The fourth-order valence-electron chi connectivity index (χ4n) is 2.20. The molecule has 0 aliphatic rings. The number of nitriles is 1. The largest absolute Gasteiger partial charge is 0.206 e. The van der Waals surface area contributed by atoms with Crippen LogP contribution in [0.2, 0.25) is 0 Å². The lowest BCUT2D eigenvalue weighted by atomic mass is 10.0. The number of hydrogen-bond donors (Lipinski definition) is 0. The first-order valence-corrected chi connectivity index (χ1v) is 6.99. The minimum Gasteiger partial charge on any atom is -0.206 e. The molecule has 0 saturated heterocycles. The van der Waals surface area contributed by atoms with Crippen LogP contribution >= 0.6 is 0 Å². The number of benzene rings is 2. The lowest BCUT2D eigenvalue weighted by Crippen LogP contribution is -1.92. The van der Waals surface area contributed by atoms with Gasteiger partial charge in [-0.05, 0) is 48.1 Å². The quantitative estimate of drug-likeness (QED) is 0.774. The van der Waals surface area contributed by atoms with E-state index in [1.54, 1.807) is 6.07 Å². The predicted molar refractivity (Wildman–Crippen MR) is 79.0 cm³/mol. The smallest absolute Gasteiger partial charge is 0.141 e. The Morgan fingerprint density at radius 3 is 2.25 bits per heavy atom. The second-order valence-electron chi connectivity index (χ2n) is 5.02. The molecule has 0 N–H and O–H groups in total. The van der Waals surface area contributed by atoms with Crippen molar-refractivity contribution in [3.63, 3.8) is 0 Å². The van der Waals surface area contributed by atoms with Gasteiger partial charge in [0, 0.05) is 0 Å². The molecule has 0 radical (unpaired) electrons. The monoisotopic (exact) mass is 267 g/mol. The summed E-state index contributed by atoms with van der Waals surface area (Å²) >= 11 is 0. The second-order valence-corrected chi connectivity index (χ2v) is 5.02. The third-order valence-corrected chi connectivity index (χ3v) is 3.40. The Balaban J connectivity index is 2.06. The normalized spacial score (nSPS) is 10.2. The third kappa shape index (κ3) is 3.68. The van der Waals surface area contributed by atoms with Crippen LogP contribution in [0.25, 0.3) is 0 Å². The van der Waals surface area contributed by atoms with Crippen molar-refractivity contribution in [2.24, 2.45) is 0 Å². The molecule has 2 aromatic rings. The molecule has 0 spiro atoms. The topological polar surface area (TPSA) is 23.8 Å². The Kier molecular flexibility index (Phi) is 4.90. The molecule has 0 fully saturated rings. The van der Waals surface area contributed by atoms with E-state index in [0.717, 1.165) is 17.5 Å². The maximum Gasteiger partial charge on any atom is 0.141 e. The molecule has 0 heterocycles. The van der Waals surface area contributed by atoms with Gasteiger partial charge in [-0.3, -0.25) is 0 Å². The molecule has 0 aliphatic heterocycles. The van der Waals surface area contributed by atoms with E-state index in [2.05, 4.69) is 31.2 Å². The Hall–Kier alpha value is -2.14. The van der Waals surface area contributed by atoms with Gasteiger partial charge in [-0.1, -0.05) is 43.7 Å². The highest BCUT2D eigenvalue weighted by molar-refractivity contribution is 5.36. The highest BCUT2D eigenvalue weighted by Crippen LogP contribution is 2.15. The molecule has 20 heavy (non-hydrogen) atoms. The summed E-state index contributed by atoms with van der Waals surface area (Å²) in [6.45, 7) is 2.19. The van der Waals surface area contributed by atoms with Crippen LogP contribution in [0.4, 0.5) is 4.39 Å². The summed E-state index contributed by atoms with van der Waals surface area (Å²) in [7, 11) is 0. The molecular formula is C18H18FN. The zero-order valence-electron chi connectivity index (χ0n) is 11.7. The fourth-order valence-corrected chi connectivity index (χ4v) is 2.20. The number of rotatable bonds is 5. The van der Waals surface area contributed by atoms with Crippen molar-refractivity contribution in [3.05, 3.63) is 70.5 Å². The van der Waals surface area contributed by atoms with Gasteiger partial charge in [0.15, 0.2) is 0 Å². The van der Waals surface area contributed by atoms with E-state index in [4.69, 9.17) is 5.26 Å². The summed E-state index contributed by atoms with van der Waals surface area (Å²) in [5.41, 5.74) is 3.50. The van der Waals surface area contributed by atoms with E-state index in [9.17, 15) is 4.39 Å². The molecule has 0 bridgehead atoms. The van der Waals surface area contributed by atoms with Crippen LogP contribution in [0.1, 0.15) is 42.0 Å². The summed E-state index contributed by atoms with van der Waals surface area (Å²) < 4.78 is 13.5. The lowest BCUT2D eigenvalue weighted by molar-refractivity contribution is 0.622. The van der Waals surface area contributed by atoms with Gasteiger partial charge in [-0.25, -0.2) is 4.39 Å². The van der Waals surface area contributed by atoms with Crippen molar-refractivity contribution >= 4 is 0 Å². The van der Waals surface area contributed by atoms with Crippen molar-refractivity contribution in [3.8, 4) is 6.07 Å². The summed E-state index contributed by atoms with van der Waals surface area (Å²) in [6, 6.07) is 15.1. The first kappa shape index (κ1) is 14.3. The summed E-state index contributed by atoms with van der Waals surface area (Å²) in [6.07, 6.45) is 4.21. The van der Waals surface area contributed by atoms with Gasteiger partial charge in [0.25, 0.3) is 0 Å². The molecule has 2 heteroatoms. The van der Waals surface area contributed by atoms with E-state index < -0.39 is 5.82 Å². The molecular weight excluding hydrogens is 249 g/mol. The van der Waals surface area contributed by atoms with Crippen molar-refractivity contribution in [2.75, 3.05) is 0 Å². The standard InChI is InChI=1S/C18H18FN/c1-2-3-4-14-5-7-15(8-6-14)11-16-9-10-17(13-20)18(19)12-16/h5-10,12H,2-4,11H2,1H3. The maximum atomic E-state index is 13.5. The minimum absolute atomic E-state index is 0.101. The molecule has 2 aromatic carbocycles. The van der Waals surface area contributed by atoms with Crippen LogP contribution in [-0.2, 0) is 12.8 Å². The number of aryl methyl sites for hydroxylation is 1. The Bertz CT molecular complexity index is 608. The van der Waals surface area contributed by atoms with E-state index in [1.165, 1.54) is 24.5 Å².